The van der Waals surface area contributed by atoms with Crippen molar-refractivity contribution in [3.05, 3.63) is 34.2 Å². The second-order valence-electron chi connectivity index (χ2n) is 5.47. The third-order valence-electron chi connectivity index (χ3n) is 3.89. The van der Waals surface area contributed by atoms with E-state index in [0.29, 0.717) is 17.8 Å². The van der Waals surface area contributed by atoms with E-state index < -0.39 is 0 Å². The molecule has 0 aliphatic carbocycles. The van der Waals surface area contributed by atoms with Gasteiger partial charge in [0.1, 0.15) is 0 Å². The van der Waals surface area contributed by atoms with Gasteiger partial charge in [-0.25, -0.2) is 0 Å². The Balaban J connectivity index is 1.65. The minimum atomic E-state index is 0.0460. The van der Waals surface area contributed by atoms with Crippen molar-refractivity contribution >= 4 is 11.3 Å². The Labute approximate surface area is 134 Å². The van der Waals surface area contributed by atoms with Gasteiger partial charge in [0, 0.05) is 31.4 Å². The SMILES string of the molecule is Cc1nnc(C(C)NCC(c2cccs2)N2CCOCC2)o1. The van der Waals surface area contributed by atoms with E-state index in [1.807, 2.05) is 6.92 Å². The van der Waals surface area contributed by atoms with E-state index in [0.717, 1.165) is 32.8 Å². The molecule has 2 unspecified atom stereocenters. The van der Waals surface area contributed by atoms with Gasteiger partial charge in [0.15, 0.2) is 0 Å². The number of aromatic nitrogens is 2. The van der Waals surface area contributed by atoms with E-state index >= 15 is 0 Å². The standard InChI is InChI=1S/C15H22N4O2S/c1-11(15-18-17-12(2)21-15)16-10-13(14-4-3-9-22-14)19-5-7-20-8-6-19/h3-4,9,11,13,16H,5-8,10H2,1-2H3. The van der Waals surface area contributed by atoms with Crippen molar-refractivity contribution in [2.24, 2.45) is 0 Å². The summed E-state index contributed by atoms with van der Waals surface area (Å²) in [7, 11) is 0. The summed E-state index contributed by atoms with van der Waals surface area (Å²) in [5.74, 6) is 1.25. The number of aryl methyl sites for hydroxylation is 1. The molecule has 0 aromatic carbocycles. The average Bonchev–Trinajstić information content (AvgIpc) is 3.20. The molecule has 0 saturated carbocycles. The Kier molecular flexibility index (Phi) is 5.20. The van der Waals surface area contributed by atoms with Gasteiger partial charge in [0.25, 0.3) is 0 Å². The molecule has 0 bridgehead atoms. The van der Waals surface area contributed by atoms with Crippen LogP contribution in [0, 0.1) is 6.92 Å². The van der Waals surface area contributed by atoms with Crippen molar-refractivity contribution in [2.75, 3.05) is 32.8 Å². The van der Waals surface area contributed by atoms with Crippen LogP contribution in [-0.4, -0.2) is 47.9 Å². The highest BCUT2D eigenvalue weighted by Gasteiger charge is 2.24. The second-order valence-corrected chi connectivity index (χ2v) is 6.45. The lowest BCUT2D eigenvalue weighted by atomic mass is 10.1. The van der Waals surface area contributed by atoms with E-state index in [2.05, 4.69) is 44.9 Å². The number of ether oxygens (including phenoxy) is 1. The molecule has 1 fully saturated rings. The lowest BCUT2D eigenvalue weighted by molar-refractivity contribution is 0.0163. The molecule has 1 aliphatic heterocycles. The molecule has 3 heterocycles. The van der Waals surface area contributed by atoms with E-state index in [1.165, 1.54) is 4.88 Å². The number of nitrogens with zero attached hydrogens (tertiary/aromatic N) is 3. The summed E-state index contributed by atoms with van der Waals surface area (Å²) in [6.07, 6.45) is 0. The molecule has 22 heavy (non-hydrogen) atoms. The minimum Gasteiger partial charge on any atom is -0.424 e. The molecule has 2 aromatic heterocycles. The first-order chi connectivity index (χ1) is 10.7. The molecule has 6 nitrogen and oxygen atoms in total. The summed E-state index contributed by atoms with van der Waals surface area (Å²) in [6.45, 7) is 8.27. The maximum Gasteiger partial charge on any atom is 0.233 e. The van der Waals surface area contributed by atoms with Crippen LogP contribution < -0.4 is 5.32 Å². The van der Waals surface area contributed by atoms with Gasteiger partial charge >= 0.3 is 0 Å². The summed E-state index contributed by atoms with van der Waals surface area (Å²) in [4.78, 5) is 3.86. The van der Waals surface area contributed by atoms with Gasteiger partial charge < -0.3 is 14.5 Å². The largest absolute Gasteiger partial charge is 0.424 e. The molecule has 2 atom stereocenters. The van der Waals surface area contributed by atoms with Crippen LogP contribution in [0.25, 0.3) is 0 Å². The molecule has 0 radical (unpaired) electrons. The van der Waals surface area contributed by atoms with Gasteiger partial charge in [-0.1, -0.05) is 6.07 Å². The zero-order valence-corrected chi connectivity index (χ0v) is 13.8. The van der Waals surface area contributed by atoms with Gasteiger partial charge in [-0.05, 0) is 18.4 Å². The number of thiophene rings is 1. The van der Waals surface area contributed by atoms with Gasteiger partial charge in [-0.2, -0.15) is 0 Å². The van der Waals surface area contributed by atoms with Crippen molar-refractivity contribution in [2.45, 2.75) is 25.9 Å². The van der Waals surface area contributed by atoms with Crippen LogP contribution in [-0.2, 0) is 4.74 Å². The minimum absolute atomic E-state index is 0.0460. The quantitative estimate of drug-likeness (QED) is 0.879. The highest BCUT2D eigenvalue weighted by Crippen LogP contribution is 2.26. The zero-order chi connectivity index (χ0) is 15.4. The third-order valence-corrected chi connectivity index (χ3v) is 4.86. The first-order valence-electron chi connectivity index (χ1n) is 7.62. The van der Waals surface area contributed by atoms with E-state index in [4.69, 9.17) is 9.15 Å². The molecule has 7 heteroatoms. The molecular formula is C15H22N4O2S. The number of hydrogen-bond donors (Lipinski definition) is 1. The molecule has 120 valence electrons. The Morgan fingerprint density at radius 1 is 1.36 bits per heavy atom. The lowest BCUT2D eigenvalue weighted by Crippen LogP contribution is -2.42. The molecular weight excluding hydrogens is 300 g/mol. The summed E-state index contributed by atoms with van der Waals surface area (Å²) in [5, 5.41) is 13.6. The molecule has 3 rings (SSSR count). The van der Waals surface area contributed by atoms with Crippen molar-refractivity contribution < 1.29 is 9.15 Å². The van der Waals surface area contributed by atoms with Crippen LogP contribution in [0.4, 0.5) is 0 Å². The van der Waals surface area contributed by atoms with Crippen LogP contribution in [0.15, 0.2) is 21.9 Å². The molecule has 1 N–H and O–H groups in total. The van der Waals surface area contributed by atoms with E-state index in [9.17, 15) is 0 Å². The summed E-state index contributed by atoms with van der Waals surface area (Å²) < 4.78 is 11.0. The Morgan fingerprint density at radius 2 is 2.18 bits per heavy atom. The van der Waals surface area contributed by atoms with E-state index in [1.54, 1.807) is 11.3 Å². The van der Waals surface area contributed by atoms with Gasteiger partial charge in [0.05, 0.1) is 25.3 Å². The van der Waals surface area contributed by atoms with Crippen LogP contribution >= 0.6 is 11.3 Å². The van der Waals surface area contributed by atoms with Crippen molar-refractivity contribution in [3.8, 4) is 0 Å². The van der Waals surface area contributed by atoms with Crippen LogP contribution in [0.1, 0.15) is 35.7 Å². The van der Waals surface area contributed by atoms with Crippen LogP contribution in [0.2, 0.25) is 0 Å². The Bertz CT molecular complexity index is 566. The highest BCUT2D eigenvalue weighted by molar-refractivity contribution is 7.10. The monoisotopic (exact) mass is 322 g/mol. The lowest BCUT2D eigenvalue weighted by Gasteiger charge is -2.34. The van der Waals surface area contributed by atoms with Crippen molar-refractivity contribution in [1.82, 2.24) is 20.4 Å². The molecule has 0 spiro atoms. The average molecular weight is 322 g/mol. The Hall–Kier alpha value is -1.28. The highest BCUT2D eigenvalue weighted by atomic mass is 32.1. The summed E-state index contributed by atoms with van der Waals surface area (Å²) in [6, 6.07) is 4.71. The fourth-order valence-corrected chi connectivity index (χ4v) is 3.50. The fraction of sp³-hybridized carbons (Fsp3) is 0.600. The third kappa shape index (κ3) is 3.73. The summed E-state index contributed by atoms with van der Waals surface area (Å²) in [5.41, 5.74) is 0. The summed E-state index contributed by atoms with van der Waals surface area (Å²) >= 11 is 1.80. The van der Waals surface area contributed by atoms with Crippen molar-refractivity contribution in [1.29, 1.82) is 0 Å². The maximum atomic E-state index is 5.50. The molecule has 0 amide bonds. The van der Waals surface area contributed by atoms with Gasteiger partial charge in [0.2, 0.25) is 11.8 Å². The molecule has 2 aromatic rings. The molecule has 1 saturated heterocycles. The Morgan fingerprint density at radius 3 is 2.82 bits per heavy atom. The fourth-order valence-electron chi connectivity index (χ4n) is 2.64. The first-order valence-corrected chi connectivity index (χ1v) is 8.50. The smallest absolute Gasteiger partial charge is 0.233 e. The normalized spacial score (nSPS) is 19.2. The van der Waals surface area contributed by atoms with Crippen molar-refractivity contribution in [3.63, 3.8) is 0 Å². The van der Waals surface area contributed by atoms with E-state index in [-0.39, 0.29) is 6.04 Å². The molecule has 1 aliphatic rings. The zero-order valence-electron chi connectivity index (χ0n) is 13.0. The predicted octanol–water partition coefficient (Wildman–Crippen LogP) is 2.16. The maximum absolute atomic E-state index is 5.50. The van der Waals surface area contributed by atoms with Gasteiger partial charge in [-0.15, -0.1) is 21.5 Å². The first kappa shape index (κ1) is 15.6. The number of nitrogens with one attached hydrogen (secondary N) is 1. The number of morpholine rings is 1. The predicted molar refractivity (Wildman–Crippen MR) is 84.9 cm³/mol. The van der Waals surface area contributed by atoms with Gasteiger partial charge in [-0.3, -0.25) is 4.90 Å². The number of hydrogen-bond acceptors (Lipinski definition) is 7. The van der Waals surface area contributed by atoms with Crippen LogP contribution in [0.3, 0.4) is 0 Å². The second kappa shape index (κ2) is 7.32. The topological polar surface area (TPSA) is 63.4 Å². The number of rotatable bonds is 6. The van der Waals surface area contributed by atoms with Crippen LogP contribution in [0.5, 0.6) is 0 Å².